The van der Waals surface area contributed by atoms with E-state index < -0.39 is 0 Å². The Morgan fingerprint density at radius 3 is 2.43 bits per heavy atom. The fourth-order valence-electron chi connectivity index (χ4n) is 3.34. The molecule has 2 heterocycles. The molecule has 8 heteroatoms. The molecule has 0 spiro atoms. The summed E-state index contributed by atoms with van der Waals surface area (Å²) in [5.41, 5.74) is 0.733. The predicted octanol–water partition coefficient (Wildman–Crippen LogP) is 5.87. The van der Waals surface area contributed by atoms with Crippen molar-refractivity contribution >= 4 is 52.1 Å². The van der Waals surface area contributed by atoms with Crippen LogP contribution in [0.4, 0.5) is 0 Å². The minimum atomic E-state index is -0.251. The van der Waals surface area contributed by atoms with E-state index in [1.54, 1.807) is 36.4 Å². The van der Waals surface area contributed by atoms with Gasteiger partial charge in [0, 0.05) is 18.1 Å². The van der Waals surface area contributed by atoms with Gasteiger partial charge in [-0.1, -0.05) is 23.2 Å². The molecule has 0 unspecified atom stereocenters. The molecule has 0 N–H and O–H groups in total. The number of hydrogen-bond donors (Lipinski definition) is 0. The van der Waals surface area contributed by atoms with E-state index in [1.165, 1.54) is 11.8 Å². The number of benzene rings is 2. The van der Waals surface area contributed by atoms with Crippen molar-refractivity contribution < 1.29 is 14.3 Å². The van der Waals surface area contributed by atoms with E-state index in [4.69, 9.17) is 32.7 Å². The van der Waals surface area contributed by atoms with E-state index in [1.807, 2.05) is 26.0 Å². The van der Waals surface area contributed by atoms with Crippen molar-refractivity contribution in [2.24, 2.45) is 4.99 Å². The second-order valence-electron chi connectivity index (χ2n) is 7.21. The van der Waals surface area contributed by atoms with Crippen molar-refractivity contribution in [2.75, 3.05) is 13.1 Å². The largest absolute Gasteiger partial charge is 0.457 e. The standard InChI is InChI=1S/C22H20Cl2N2O3S/c1-13-11-26(12-14(2)28-13)22-25-21(27)20(30-22)9-15-3-6-18(10-19(15)24)29-17-7-4-16(23)5-8-17/h3-10,13-14H,11-12H2,1-2H3/b20-9+/t13-,14-/m1/s1. The zero-order valence-corrected chi connectivity index (χ0v) is 18.8. The van der Waals surface area contributed by atoms with E-state index in [0.29, 0.717) is 44.7 Å². The van der Waals surface area contributed by atoms with Crippen molar-refractivity contribution in [1.29, 1.82) is 0 Å². The summed E-state index contributed by atoms with van der Waals surface area (Å²) in [6.45, 7) is 5.48. The van der Waals surface area contributed by atoms with Crippen LogP contribution >= 0.6 is 35.0 Å². The maximum atomic E-state index is 12.4. The molecular formula is C22H20Cl2N2O3S. The number of amidine groups is 1. The van der Waals surface area contributed by atoms with E-state index in [-0.39, 0.29) is 18.1 Å². The number of halogens is 2. The number of carbonyl (C=O) groups excluding carboxylic acids is 1. The molecule has 1 saturated heterocycles. The first-order chi connectivity index (χ1) is 14.4. The average Bonchev–Trinajstić information content (AvgIpc) is 3.06. The van der Waals surface area contributed by atoms with Crippen LogP contribution < -0.4 is 4.74 Å². The minimum absolute atomic E-state index is 0.0998. The normalized spacial score (nSPS) is 23.1. The van der Waals surface area contributed by atoms with Crippen LogP contribution in [-0.2, 0) is 9.53 Å². The number of aliphatic imine (C=N–C) groups is 1. The molecule has 1 amide bonds. The Balaban J connectivity index is 1.47. The lowest BCUT2D eigenvalue weighted by molar-refractivity contribution is -0.113. The quantitative estimate of drug-likeness (QED) is 0.534. The molecule has 0 aliphatic carbocycles. The highest BCUT2D eigenvalue weighted by molar-refractivity contribution is 8.18. The van der Waals surface area contributed by atoms with Crippen molar-refractivity contribution in [1.82, 2.24) is 4.90 Å². The van der Waals surface area contributed by atoms with Crippen molar-refractivity contribution in [3.63, 3.8) is 0 Å². The summed E-state index contributed by atoms with van der Waals surface area (Å²) in [4.78, 5) is 19.3. The van der Waals surface area contributed by atoms with Gasteiger partial charge in [0.1, 0.15) is 11.5 Å². The third-order valence-corrected chi connectivity index (χ3v) is 6.23. The van der Waals surface area contributed by atoms with Crippen LogP contribution in [0.15, 0.2) is 52.4 Å². The summed E-state index contributed by atoms with van der Waals surface area (Å²) in [5, 5.41) is 1.85. The first-order valence-electron chi connectivity index (χ1n) is 9.53. The van der Waals surface area contributed by atoms with E-state index in [0.717, 1.165) is 5.56 Å². The summed E-state index contributed by atoms with van der Waals surface area (Å²) in [7, 11) is 0. The highest BCUT2D eigenvalue weighted by Gasteiger charge is 2.31. The van der Waals surface area contributed by atoms with Gasteiger partial charge in [0.2, 0.25) is 0 Å². The Labute approximate surface area is 189 Å². The first-order valence-corrected chi connectivity index (χ1v) is 11.1. The van der Waals surface area contributed by atoms with Gasteiger partial charge in [-0.25, -0.2) is 0 Å². The number of hydrogen-bond acceptors (Lipinski definition) is 5. The molecule has 2 atom stereocenters. The van der Waals surface area contributed by atoms with Crippen LogP contribution in [0, 0.1) is 0 Å². The summed E-state index contributed by atoms with van der Waals surface area (Å²) in [6, 6.07) is 12.4. The fourth-order valence-corrected chi connectivity index (χ4v) is 4.61. The Morgan fingerprint density at radius 2 is 1.77 bits per heavy atom. The molecule has 2 aliphatic heterocycles. The summed E-state index contributed by atoms with van der Waals surface area (Å²) in [5.74, 6) is 1.01. The van der Waals surface area contributed by atoms with Gasteiger partial charge in [-0.05, 0) is 79.7 Å². The highest BCUT2D eigenvalue weighted by atomic mass is 35.5. The van der Waals surface area contributed by atoms with Gasteiger partial charge in [-0.2, -0.15) is 4.99 Å². The van der Waals surface area contributed by atoms with Crippen LogP contribution in [0.25, 0.3) is 6.08 Å². The van der Waals surface area contributed by atoms with Crippen LogP contribution in [0.1, 0.15) is 19.4 Å². The fraction of sp³-hybridized carbons (Fsp3) is 0.273. The zero-order valence-electron chi connectivity index (χ0n) is 16.5. The second kappa shape index (κ2) is 9.02. The van der Waals surface area contributed by atoms with Crippen molar-refractivity contribution in [3.8, 4) is 11.5 Å². The first kappa shape index (κ1) is 21.2. The summed E-state index contributed by atoms with van der Waals surface area (Å²) < 4.78 is 11.6. The van der Waals surface area contributed by atoms with Gasteiger partial charge in [-0.15, -0.1) is 0 Å². The predicted molar refractivity (Wildman–Crippen MR) is 123 cm³/mol. The topological polar surface area (TPSA) is 51.1 Å². The molecule has 156 valence electrons. The Kier molecular flexibility index (Phi) is 6.39. The number of morpholine rings is 1. The van der Waals surface area contributed by atoms with Gasteiger partial charge >= 0.3 is 0 Å². The van der Waals surface area contributed by atoms with E-state index in [9.17, 15) is 4.79 Å². The van der Waals surface area contributed by atoms with E-state index >= 15 is 0 Å². The van der Waals surface area contributed by atoms with Gasteiger partial charge in [-0.3, -0.25) is 4.79 Å². The van der Waals surface area contributed by atoms with Crippen LogP contribution in [-0.4, -0.2) is 41.3 Å². The number of rotatable bonds is 3. The molecule has 1 fully saturated rings. The van der Waals surface area contributed by atoms with Crippen LogP contribution in [0.2, 0.25) is 10.0 Å². The molecular weight excluding hydrogens is 443 g/mol. The minimum Gasteiger partial charge on any atom is -0.457 e. The number of thioether (sulfide) groups is 1. The number of nitrogens with zero attached hydrogens (tertiary/aromatic N) is 2. The monoisotopic (exact) mass is 462 g/mol. The summed E-state index contributed by atoms with van der Waals surface area (Å²) >= 11 is 13.7. The summed E-state index contributed by atoms with van der Waals surface area (Å²) in [6.07, 6.45) is 1.97. The van der Waals surface area contributed by atoms with Gasteiger partial charge in [0.15, 0.2) is 5.17 Å². The lowest BCUT2D eigenvalue weighted by Crippen LogP contribution is -2.47. The van der Waals surface area contributed by atoms with Gasteiger partial charge < -0.3 is 14.4 Å². The molecule has 0 radical (unpaired) electrons. The second-order valence-corrected chi connectivity index (χ2v) is 9.06. The molecule has 0 saturated carbocycles. The SMILES string of the molecule is C[C@@H]1CN(C2=NC(=O)/C(=C\c3ccc(Oc4ccc(Cl)cc4)cc3Cl)S2)C[C@@H](C)O1. The highest BCUT2D eigenvalue weighted by Crippen LogP contribution is 2.34. The average molecular weight is 463 g/mol. The smallest absolute Gasteiger partial charge is 0.286 e. The Morgan fingerprint density at radius 1 is 1.10 bits per heavy atom. The zero-order chi connectivity index (χ0) is 21.3. The molecule has 2 aromatic carbocycles. The third kappa shape index (κ3) is 5.01. The van der Waals surface area contributed by atoms with Crippen molar-refractivity contribution in [2.45, 2.75) is 26.1 Å². The van der Waals surface area contributed by atoms with Crippen LogP contribution in [0.5, 0.6) is 11.5 Å². The Bertz CT molecular complexity index is 1010. The van der Waals surface area contributed by atoms with Gasteiger partial charge in [0.05, 0.1) is 22.1 Å². The molecule has 2 aliphatic rings. The Hall–Kier alpha value is -1.99. The lowest BCUT2D eigenvalue weighted by Gasteiger charge is -2.35. The van der Waals surface area contributed by atoms with Gasteiger partial charge in [0.25, 0.3) is 5.91 Å². The van der Waals surface area contributed by atoms with Crippen LogP contribution in [0.3, 0.4) is 0 Å². The van der Waals surface area contributed by atoms with E-state index in [2.05, 4.69) is 9.89 Å². The number of ether oxygens (including phenoxy) is 2. The molecule has 30 heavy (non-hydrogen) atoms. The maximum Gasteiger partial charge on any atom is 0.286 e. The molecule has 0 aromatic heterocycles. The number of amides is 1. The molecule has 2 aromatic rings. The lowest BCUT2D eigenvalue weighted by atomic mass is 10.2. The van der Waals surface area contributed by atoms with Crippen molar-refractivity contribution in [3.05, 3.63) is 63.0 Å². The molecule has 0 bridgehead atoms. The third-order valence-electron chi connectivity index (χ3n) is 4.61. The molecule has 4 rings (SSSR count). The maximum absolute atomic E-state index is 12.4. The molecule has 5 nitrogen and oxygen atoms in total. The number of carbonyl (C=O) groups is 1.